The van der Waals surface area contributed by atoms with Gasteiger partial charge in [-0.05, 0) is 55.2 Å². The van der Waals surface area contributed by atoms with Crippen LogP contribution >= 0.6 is 12.6 Å². The Hall–Kier alpha value is -2.96. The number of hydrogen-bond donors (Lipinski definition) is 2. The monoisotopic (exact) mass is 459 g/mol. The lowest BCUT2D eigenvalue weighted by Crippen LogP contribution is -2.55. The number of aliphatic hydroxyl groups excluding tert-OH is 1. The minimum atomic E-state index is -4.72. The molecule has 2 aromatic rings. The molecule has 1 spiro atoms. The Labute approximate surface area is 188 Å². The van der Waals surface area contributed by atoms with Crippen LogP contribution in [0.25, 0.3) is 6.08 Å². The van der Waals surface area contributed by atoms with Crippen LogP contribution in [-0.4, -0.2) is 28.7 Å². The first-order valence-electron chi connectivity index (χ1n) is 10.0. The molecule has 32 heavy (non-hydrogen) atoms. The van der Waals surface area contributed by atoms with Gasteiger partial charge < -0.3 is 10.0 Å². The number of nitrogens with zero attached hydrogens (tertiary/aromatic N) is 3. The third-order valence-corrected chi connectivity index (χ3v) is 6.48. The van der Waals surface area contributed by atoms with Crippen LogP contribution in [0.1, 0.15) is 36.0 Å². The second-order valence-corrected chi connectivity index (χ2v) is 8.25. The van der Waals surface area contributed by atoms with Crippen LogP contribution in [0, 0.1) is 11.3 Å². The van der Waals surface area contributed by atoms with Gasteiger partial charge in [0.25, 0.3) is 5.91 Å². The molecule has 0 radical (unpaired) electrons. The standard InChI is InChI=1S/C23H20F3N3O2S/c24-23(25,26)19-13-18(9-6-16(19)14-27)28-20(31)22(10-2-11-22)29(21(28)32)17-7-4-15(5-8-17)3-1-12-30/h1,3-9,13,21,30,32H,2,10-12H2/b3-1+. The molecule has 1 aliphatic carbocycles. The molecule has 1 aliphatic heterocycles. The van der Waals surface area contributed by atoms with E-state index in [1.165, 1.54) is 11.0 Å². The van der Waals surface area contributed by atoms with Crippen molar-refractivity contribution in [3.05, 3.63) is 65.2 Å². The molecule has 2 fully saturated rings. The Morgan fingerprint density at radius 3 is 2.38 bits per heavy atom. The fraction of sp³-hybridized carbons (Fsp3) is 0.304. The summed E-state index contributed by atoms with van der Waals surface area (Å²) in [5, 5.41) is 18.0. The highest BCUT2D eigenvalue weighted by atomic mass is 32.1. The summed E-state index contributed by atoms with van der Waals surface area (Å²) in [7, 11) is 0. The van der Waals surface area contributed by atoms with Gasteiger partial charge in [0.05, 0.1) is 23.8 Å². The first-order chi connectivity index (χ1) is 15.2. The van der Waals surface area contributed by atoms with Crippen molar-refractivity contribution in [1.82, 2.24) is 0 Å². The molecule has 1 N–H and O–H groups in total. The van der Waals surface area contributed by atoms with Crippen LogP contribution in [-0.2, 0) is 11.0 Å². The van der Waals surface area contributed by atoms with E-state index >= 15 is 0 Å². The van der Waals surface area contributed by atoms with Crippen molar-refractivity contribution in [2.75, 3.05) is 16.4 Å². The molecule has 1 heterocycles. The van der Waals surface area contributed by atoms with Gasteiger partial charge in [-0.1, -0.05) is 24.3 Å². The maximum Gasteiger partial charge on any atom is 0.417 e. The van der Waals surface area contributed by atoms with E-state index in [0.717, 1.165) is 29.8 Å². The van der Waals surface area contributed by atoms with Gasteiger partial charge in [-0.2, -0.15) is 18.4 Å². The van der Waals surface area contributed by atoms with Gasteiger partial charge in [0.15, 0.2) is 5.50 Å². The molecule has 166 valence electrons. The molecular weight excluding hydrogens is 439 g/mol. The van der Waals surface area contributed by atoms with Gasteiger partial charge in [0, 0.05) is 11.4 Å². The Morgan fingerprint density at radius 1 is 1.19 bits per heavy atom. The molecule has 1 amide bonds. The number of anilines is 2. The normalized spacial score (nSPS) is 20.1. The van der Waals surface area contributed by atoms with Crippen molar-refractivity contribution in [2.24, 2.45) is 0 Å². The van der Waals surface area contributed by atoms with E-state index in [1.807, 2.05) is 29.2 Å². The highest BCUT2D eigenvalue weighted by Gasteiger charge is 2.60. The Bertz CT molecular complexity index is 1100. The number of aliphatic hydroxyl groups is 1. The summed E-state index contributed by atoms with van der Waals surface area (Å²) in [6.45, 7) is -0.0797. The molecule has 1 saturated heterocycles. The summed E-state index contributed by atoms with van der Waals surface area (Å²) in [6.07, 6.45) is 0.630. The zero-order valence-electron chi connectivity index (χ0n) is 16.9. The number of nitriles is 1. The van der Waals surface area contributed by atoms with Crippen LogP contribution in [0.15, 0.2) is 48.5 Å². The molecule has 5 nitrogen and oxygen atoms in total. The van der Waals surface area contributed by atoms with Crippen LogP contribution in [0.3, 0.4) is 0 Å². The number of hydrogen-bond acceptors (Lipinski definition) is 5. The van der Waals surface area contributed by atoms with Crippen LogP contribution < -0.4 is 9.80 Å². The number of carbonyl (C=O) groups excluding carboxylic acids is 1. The van der Waals surface area contributed by atoms with Crippen molar-refractivity contribution in [3.8, 4) is 6.07 Å². The van der Waals surface area contributed by atoms with E-state index in [0.29, 0.717) is 12.8 Å². The van der Waals surface area contributed by atoms with E-state index in [4.69, 9.17) is 10.4 Å². The quantitative estimate of drug-likeness (QED) is 0.658. The van der Waals surface area contributed by atoms with Gasteiger partial charge in [-0.25, -0.2) is 0 Å². The number of thiol groups is 1. The Kier molecular flexibility index (Phi) is 5.69. The van der Waals surface area contributed by atoms with E-state index in [-0.39, 0.29) is 18.2 Å². The predicted molar refractivity (Wildman–Crippen MR) is 118 cm³/mol. The predicted octanol–water partition coefficient (Wildman–Crippen LogP) is 4.57. The van der Waals surface area contributed by atoms with Gasteiger partial charge >= 0.3 is 6.18 Å². The van der Waals surface area contributed by atoms with Crippen LogP contribution in [0.2, 0.25) is 0 Å². The molecule has 9 heteroatoms. The number of carbonyl (C=O) groups is 1. The fourth-order valence-electron chi connectivity index (χ4n) is 4.32. The van der Waals surface area contributed by atoms with Crippen molar-refractivity contribution < 1.29 is 23.1 Å². The van der Waals surface area contributed by atoms with E-state index in [2.05, 4.69) is 12.6 Å². The maximum absolute atomic E-state index is 13.5. The second-order valence-electron chi connectivity index (χ2n) is 7.79. The number of benzene rings is 2. The summed E-state index contributed by atoms with van der Waals surface area (Å²) in [4.78, 5) is 16.6. The molecule has 2 aliphatic rings. The molecule has 2 aromatic carbocycles. The number of alkyl halides is 3. The molecular formula is C23H20F3N3O2S. The van der Waals surface area contributed by atoms with E-state index in [9.17, 15) is 18.0 Å². The summed E-state index contributed by atoms with van der Waals surface area (Å²) >= 11 is 4.64. The maximum atomic E-state index is 13.5. The molecule has 0 aromatic heterocycles. The van der Waals surface area contributed by atoms with E-state index < -0.39 is 28.3 Å². The minimum absolute atomic E-state index is 0.0533. The SMILES string of the molecule is N#Cc1ccc(N2C(=O)C3(CCC3)N(c3ccc(/C=C/CO)cc3)C2S)cc1C(F)(F)F. The number of amides is 1. The third kappa shape index (κ3) is 3.53. The van der Waals surface area contributed by atoms with Gasteiger partial charge in [0.2, 0.25) is 0 Å². The highest BCUT2D eigenvalue weighted by molar-refractivity contribution is 7.81. The average molecular weight is 459 g/mol. The molecule has 1 saturated carbocycles. The smallest absolute Gasteiger partial charge is 0.392 e. The summed E-state index contributed by atoms with van der Waals surface area (Å²) in [5.41, 5.74) is -1.59. The molecule has 1 atom stereocenters. The minimum Gasteiger partial charge on any atom is -0.392 e. The lowest BCUT2D eigenvalue weighted by Gasteiger charge is -2.44. The summed E-state index contributed by atoms with van der Waals surface area (Å²) in [6, 6.07) is 12.2. The van der Waals surface area contributed by atoms with Gasteiger partial charge in [0.1, 0.15) is 5.54 Å². The highest BCUT2D eigenvalue weighted by Crippen LogP contribution is 2.50. The first kappa shape index (κ1) is 22.2. The van der Waals surface area contributed by atoms with Crippen LogP contribution in [0.5, 0.6) is 0 Å². The van der Waals surface area contributed by atoms with Crippen molar-refractivity contribution in [2.45, 2.75) is 36.5 Å². The zero-order chi connectivity index (χ0) is 23.1. The molecule has 0 bridgehead atoms. The first-order valence-corrected chi connectivity index (χ1v) is 10.5. The Balaban J connectivity index is 1.75. The fourth-order valence-corrected chi connectivity index (χ4v) is 4.91. The topological polar surface area (TPSA) is 67.6 Å². The lowest BCUT2D eigenvalue weighted by atomic mass is 9.75. The van der Waals surface area contributed by atoms with Crippen molar-refractivity contribution in [1.29, 1.82) is 5.26 Å². The lowest BCUT2D eigenvalue weighted by molar-refractivity contribution is -0.137. The average Bonchev–Trinajstić information content (AvgIpc) is 2.98. The van der Waals surface area contributed by atoms with Gasteiger partial charge in [-0.3, -0.25) is 9.69 Å². The second kappa shape index (κ2) is 8.19. The number of rotatable bonds is 4. The van der Waals surface area contributed by atoms with Crippen molar-refractivity contribution >= 4 is 36.0 Å². The zero-order valence-corrected chi connectivity index (χ0v) is 17.8. The third-order valence-electron chi connectivity index (χ3n) is 6.01. The number of halogens is 3. The Morgan fingerprint density at radius 2 is 1.84 bits per heavy atom. The largest absolute Gasteiger partial charge is 0.417 e. The van der Waals surface area contributed by atoms with Crippen molar-refractivity contribution in [3.63, 3.8) is 0 Å². The van der Waals surface area contributed by atoms with E-state index in [1.54, 1.807) is 18.2 Å². The summed E-state index contributed by atoms with van der Waals surface area (Å²) < 4.78 is 40.5. The molecule has 4 rings (SSSR count). The van der Waals surface area contributed by atoms with Gasteiger partial charge in [-0.15, -0.1) is 12.6 Å². The summed E-state index contributed by atoms with van der Waals surface area (Å²) in [5.74, 6) is -0.300. The molecule has 1 unspecified atom stereocenters. The van der Waals surface area contributed by atoms with Crippen LogP contribution in [0.4, 0.5) is 24.5 Å².